The molecule has 8 heteroatoms. The summed E-state index contributed by atoms with van der Waals surface area (Å²) in [5.74, 6) is 0.429. The van der Waals surface area contributed by atoms with E-state index in [4.69, 9.17) is 22.7 Å². The van der Waals surface area contributed by atoms with E-state index >= 15 is 0 Å². The number of anilines is 1. The van der Waals surface area contributed by atoms with Crippen LogP contribution >= 0.6 is 12.2 Å². The Balaban J connectivity index is 2.16. The highest BCUT2D eigenvalue weighted by molar-refractivity contribution is 7.80. The van der Waals surface area contributed by atoms with Gasteiger partial charge in [0.05, 0.1) is 5.56 Å². The molecule has 2 rings (SSSR count). The molecule has 0 saturated carbocycles. The molecule has 116 valence electrons. The first-order valence-corrected chi connectivity index (χ1v) is 6.98. The van der Waals surface area contributed by atoms with Crippen LogP contribution in [-0.4, -0.2) is 29.7 Å². The van der Waals surface area contributed by atoms with Gasteiger partial charge < -0.3 is 15.8 Å². The Morgan fingerprint density at radius 1 is 1.38 bits per heavy atom. The second-order valence-electron chi connectivity index (χ2n) is 4.89. The third kappa shape index (κ3) is 4.28. The fraction of sp³-hybridized carbons (Fsp3) is 0.538. The monoisotopic (exact) mass is 319 g/mol. The zero-order valence-electron chi connectivity index (χ0n) is 11.2. The average Bonchev–Trinajstić information content (AvgIpc) is 2.45. The van der Waals surface area contributed by atoms with Crippen molar-refractivity contribution in [3.63, 3.8) is 0 Å². The molecule has 1 aliphatic heterocycles. The van der Waals surface area contributed by atoms with Crippen LogP contribution in [0.4, 0.5) is 19.0 Å². The highest BCUT2D eigenvalue weighted by atomic mass is 32.1. The molecule has 1 aromatic heterocycles. The van der Waals surface area contributed by atoms with Gasteiger partial charge in [-0.2, -0.15) is 13.2 Å². The number of rotatable bonds is 4. The van der Waals surface area contributed by atoms with Crippen molar-refractivity contribution in [3.05, 3.63) is 23.4 Å². The van der Waals surface area contributed by atoms with Crippen molar-refractivity contribution < 1.29 is 17.9 Å². The van der Waals surface area contributed by atoms with E-state index in [9.17, 15) is 13.2 Å². The molecule has 0 spiro atoms. The fourth-order valence-electron chi connectivity index (χ4n) is 2.14. The number of nitrogens with two attached hydrogens (primary N) is 1. The van der Waals surface area contributed by atoms with Gasteiger partial charge in [0.2, 0.25) is 0 Å². The first-order valence-electron chi connectivity index (χ1n) is 6.57. The normalized spacial score (nSPS) is 16.7. The zero-order valence-corrected chi connectivity index (χ0v) is 12.1. The van der Waals surface area contributed by atoms with Gasteiger partial charge in [0, 0.05) is 19.8 Å². The van der Waals surface area contributed by atoms with Crippen molar-refractivity contribution in [2.75, 3.05) is 25.1 Å². The molecule has 0 aliphatic carbocycles. The van der Waals surface area contributed by atoms with Gasteiger partial charge in [-0.3, -0.25) is 0 Å². The Morgan fingerprint density at radius 2 is 2.05 bits per heavy atom. The number of nitrogens with zero attached hydrogens (tertiary/aromatic N) is 1. The van der Waals surface area contributed by atoms with Gasteiger partial charge in [-0.25, -0.2) is 4.98 Å². The predicted octanol–water partition coefficient (Wildman–Crippen LogP) is 2.57. The van der Waals surface area contributed by atoms with Gasteiger partial charge in [0.25, 0.3) is 0 Å². The third-order valence-corrected chi connectivity index (χ3v) is 3.57. The van der Waals surface area contributed by atoms with Gasteiger partial charge in [-0.15, -0.1) is 0 Å². The first kappa shape index (κ1) is 16.0. The number of ether oxygens (including phenoxy) is 1. The summed E-state index contributed by atoms with van der Waals surface area (Å²) >= 11 is 4.85. The van der Waals surface area contributed by atoms with Crippen LogP contribution in [0.15, 0.2) is 12.1 Å². The second-order valence-corrected chi connectivity index (χ2v) is 5.33. The maximum Gasteiger partial charge on any atom is 0.433 e. The molecule has 1 fully saturated rings. The summed E-state index contributed by atoms with van der Waals surface area (Å²) in [6.45, 7) is 1.86. The minimum Gasteiger partial charge on any atom is -0.389 e. The van der Waals surface area contributed by atoms with Crippen molar-refractivity contribution in [3.8, 4) is 0 Å². The Bertz CT molecular complexity index is 516. The molecule has 4 nitrogen and oxygen atoms in total. The number of alkyl halides is 3. The number of thiocarbonyl (C=S) groups is 1. The maximum atomic E-state index is 12.7. The largest absolute Gasteiger partial charge is 0.433 e. The minimum atomic E-state index is -4.50. The highest BCUT2D eigenvalue weighted by Crippen LogP contribution is 2.29. The third-order valence-electron chi connectivity index (χ3n) is 3.35. The summed E-state index contributed by atoms with van der Waals surface area (Å²) in [7, 11) is 0. The summed E-state index contributed by atoms with van der Waals surface area (Å²) < 4.78 is 43.4. The van der Waals surface area contributed by atoms with Gasteiger partial charge in [-0.1, -0.05) is 12.2 Å². The molecule has 0 bridgehead atoms. The second kappa shape index (κ2) is 6.57. The van der Waals surface area contributed by atoms with Crippen molar-refractivity contribution in [2.45, 2.75) is 19.0 Å². The van der Waals surface area contributed by atoms with Gasteiger partial charge >= 0.3 is 6.18 Å². The lowest BCUT2D eigenvalue weighted by molar-refractivity contribution is -0.141. The zero-order chi connectivity index (χ0) is 15.5. The number of hydrogen-bond acceptors (Lipinski definition) is 4. The minimum absolute atomic E-state index is 0.0192. The number of halogens is 3. The Morgan fingerprint density at radius 3 is 2.62 bits per heavy atom. The molecule has 21 heavy (non-hydrogen) atoms. The number of nitrogens with one attached hydrogen (secondary N) is 1. The van der Waals surface area contributed by atoms with Gasteiger partial charge in [-0.05, 0) is 30.9 Å². The average molecular weight is 319 g/mol. The molecule has 1 aliphatic rings. The lowest BCUT2D eigenvalue weighted by Crippen LogP contribution is -2.25. The van der Waals surface area contributed by atoms with E-state index in [1.54, 1.807) is 0 Å². The topological polar surface area (TPSA) is 60.2 Å². The van der Waals surface area contributed by atoms with Crippen molar-refractivity contribution in [1.82, 2.24) is 4.98 Å². The number of pyridine rings is 1. The molecule has 3 N–H and O–H groups in total. The summed E-state index contributed by atoms with van der Waals surface area (Å²) in [6.07, 6.45) is -2.76. The van der Waals surface area contributed by atoms with Gasteiger partial charge in [0.1, 0.15) is 16.5 Å². The Kier molecular flexibility index (Phi) is 5.00. The summed E-state index contributed by atoms with van der Waals surface area (Å²) in [5, 5.41) is 2.94. The van der Waals surface area contributed by atoms with E-state index in [0.717, 1.165) is 18.9 Å². The van der Waals surface area contributed by atoms with Crippen LogP contribution in [0.25, 0.3) is 0 Å². The van der Waals surface area contributed by atoms with Crippen LogP contribution in [0, 0.1) is 5.92 Å². The maximum absolute atomic E-state index is 12.7. The van der Waals surface area contributed by atoms with E-state index < -0.39 is 11.9 Å². The van der Waals surface area contributed by atoms with Crippen LogP contribution < -0.4 is 11.1 Å². The van der Waals surface area contributed by atoms with Gasteiger partial charge in [0.15, 0.2) is 0 Å². The molecule has 0 unspecified atom stereocenters. The fourth-order valence-corrected chi connectivity index (χ4v) is 2.31. The summed E-state index contributed by atoms with van der Waals surface area (Å²) in [4.78, 5) is 3.63. The lowest BCUT2D eigenvalue weighted by atomic mass is 10.0. The smallest absolute Gasteiger partial charge is 0.389 e. The van der Waals surface area contributed by atoms with Crippen molar-refractivity contribution in [2.24, 2.45) is 11.7 Å². The molecular formula is C13H16F3N3OS. The quantitative estimate of drug-likeness (QED) is 0.835. The Labute approximate surface area is 125 Å². The van der Waals surface area contributed by atoms with Crippen molar-refractivity contribution in [1.29, 1.82) is 0 Å². The molecular weight excluding hydrogens is 303 g/mol. The predicted molar refractivity (Wildman–Crippen MR) is 77.2 cm³/mol. The molecule has 0 aromatic carbocycles. The highest BCUT2D eigenvalue weighted by Gasteiger charge is 2.33. The molecule has 0 amide bonds. The first-order chi connectivity index (χ1) is 9.88. The van der Waals surface area contributed by atoms with E-state index in [1.165, 1.54) is 6.07 Å². The van der Waals surface area contributed by atoms with Crippen molar-refractivity contribution >= 4 is 23.0 Å². The number of aromatic nitrogens is 1. The van der Waals surface area contributed by atoms with E-state index in [-0.39, 0.29) is 10.8 Å². The standard InChI is InChI=1S/C13H16F3N3OS/c14-13(15,16)10-2-1-9(11(17)21)12(19-10)18-7-8-3-5-20-6-4-8/h1-2,8H,3-7H2,(H2,17,21)(H,18,19). The van der Waals surface area contributed by atoms with E-state index in [1.807, 2.05) is 0 Å². The van der Waals surface area contributed by atoms with Crippen LogP contribution in [0.5, 0.6) is 0 Å². The van der Waals surface area contributed by atoms with Crippen LogP contribution in [-0.2, 0) is 10.9 Å². The van der Waals surface area contributed by atoms with Crippen LogP contribution in [0.1, 0.15) is 24.1 Å². The van der Waals surface area contributed by atoms with Crippen LogP contribution in [0.3, 0.4) is 0 Å². The molecule has 1 saturated heterocycles. The molecule has 2 heterocycles. The number of hydrogen-bond donors (Lipinski definition) is 2. The van der Waals surface area contributed by atoms with E-state index in [2.05, 4.69) is 10.3 Å². The molecule has 0 radical (unpaired) electrons. The Hall–Kier alpha value is -1.41. The molecule has 0 atom stereocenters. The van der Waals surface area contributed by atoms with Crippen LogP contribution in [0.2, 0.25) is 0 Å². The lowest BCUT2D eigenvalue weighted by Gasteiger charge is -2.23. The molecule has 1 aromatic rings. The summed E-state index contributed by atoms with van der Waals surface area (Å²) in [6, 6.07) is 2.14. The van der Waals surface area contributed by atoms with E-state index in [0.29, 0.717) is 31.2 Å². The summed E-state index contributed by atoms with van der Waals surface area (Å²) in [5.41, 5.74) is 4.90. The SMILES string of the molecule is NC(=S)c1ccc(C(F)(F)F)nc1NCC1CCOCC1.